The highest BCUT2D eigenvalue weighted by atomic mass is 32.1. The second-order valence-electron chi connectivity index (χ2n) is 5.63. The summed E-state index contributed by atoms with van der Waals surface area (Å²) >= 11 is 1.56. The fraction of sp³-hybridized carbons (Fsp3) is 0.500. The van der Waals surface area contributed by atoms with Crippen molar-refractivity contribution in [3.05, 3.63) is 29.5 Å². The summed E-state index contributed by atoms with van der Waals surface area (Å²) in [5.74, 6) is 0.797. The molecular weight excluding hydrogens is 260 g/mol. The van der Waals surface area contributed by atoms with Crippen molar-refractivity contribution in [1.29, 1.82) is 0 Å². The van der Waals surface area contributed by atoms with Gasteiger partial charge in [0.05, 0.1) is 18.1 Å². The van der Waals surface area contributed by atoms with Crippen molar-refractivity contribution in [2.75, 3.05) is 6.54 Å². The molecule has 0 saturated carbocycles. The van der Waals surface area contributed by atoms with Gasteiger partial charge >= 0.3 is 0 Å². The van der Waals surface area contributed by atoms with Crippen LogP contribution in [0.15, 0.2) is 28.2 Å². The van der Waals surface area contributed by atoms with Gasteiger partial charge in [-0.1, -0.05) is 20.8 Å². The van der Waals surface area contributed by atoms with E-state index in [-0.39, 0.29) is 11.5 Å². The topological polar surface area (TPSA) is 58.3 Å². The maximum absolute atomic E-state index is 9.92. The Bertz CT molecular complexity index is 500. The molecule has 0 spiro atoms. The first-order valence-corrected chi connectivity index (χ1v) is 7.22. The minimum atomic E-state index is -0.365. The van der Waals surface area contributed by atoms with Gasteiger partial charge in [-0.2, -0.15) is 0 Å². The van der Waals surface area contributed by atoms with Gasteiger partial charge in [0.2, 0.25) is 0 Å². The molecule has 19 heavy (non-hydrogen) atoms. The summed E-state index contributed by atoms with van der Waals surface area (Å²) in [6.07, 6.45) is 1.28. The van der Waals surface area contributed by atoms with Crippen molar-refractivity contribution in [1.82, 2.24) is 10.3 Å². The fourth-order valence-electron chi connectivity index (χ4n) is 1.54. The van der Waals surface area contributed by atoms with E-state index in [0.717, 1.165) is 16.5 Å². The average Bonchev–Trinajstić information content (AvgIpc) is 2.97. The Hall–Kier alpha value is -1.17. The van der Waals surface area contributed by atoms with E-state index in [4.69, 9.17) is 4.42 Å². The third-order valence-electron chi connectivity index (χ3n) is 2.93. The van der Waals surface area contributed by atoms with Gasteiger partial charge in [-0.25, -0.2) is 4.98 Å². The van der Waals surface area contributed by atoms with Crippen LogP contribution in [0.25, 0.3) is 10.8 Å². The molecule has 0 saturated heterocycles. The van der Waals surface area contributed by atoms with Gasteiger partial charge in [-0.15, -0.1) is 11.3 Å². The Kier molecular flexibility index (Phi) is 4.39. The number of hydrogen-bond donors (Lipinski definition) is 2. The summed E-state index contributed by atoms with van der Waals surface area (Å²) in [7, 11) is 0. The summed E-state index contributed by atoms with van der Waals surface area (Å²) in [6.45, 7) is 7.30. The van der Waals surface area contributed by atoms with Crippen molar-refractivity contribution in [3.8, 4) is 10.8 Å². The molecule has 1 unspecified atom stereocenters. The molecule has 1 atom stereocenters. The van der Waals surface area contributed by atoms with Crippen molar-refractivity contribution in [3.63, 3.8) is 0 Å². The molecule has 0 aromatic carbocycles. The van der Waals surface area contributed by atoms with E-state index in [1.54, 1.807) is 17.6 Å². The molecule has 0 aliphatic rings. The Morgan fingerprint density at radius 3 is 2.89 bits per heavy atom. The van der Waals surface area contributed by atoms with Crippen LogP contribution in [0.4, 0.5) is 0 Å². The zero-order valence-electron chi connectivity index (χ0n) is 11.5. The van der Waals surface area contributed by atoms with Crippen LogP contribution >= 0.6 is 11.3 Å². The van der Waals surface area contributed by atoms with Gasteiger partial charge < -0.3 is 14.8 Å². The number of thiazole rings is 1. The molecule has 0 aliphatic carbocycles. The highest BCUT2D eigenvalue weighted by Gasteiger charge is 2.21. The number of aliphatic hydroxyl groups excluding tert-OH is 1. The summed E-state index contributed by atoms with van der Waals surface area (Å²) < 4.78 is 5.31. The molecule has 0 radical (unpaired) electrons. The lowest BCUT2D eigenvalue weighted by molar-refractivity contribution is 0.0627. The highest BCUT2D eigenvalue weighted by Crippen LogP contribution is 2.24. The molecule has 4 nitrogen and oxygen atoms in total. The van der Waals surface area contributed by atoms with Crippen LogP contribution in [0, 0.1) is 5.41 Å². The number of aromatic nitrogens is 1. The zero-order chi connectivity index (χ0) is 13.9. The number of hydrogen-bond acceptors (Lipinski definition) is 5. The Morgan fingerprint density at radius 1 is 1.47 bits per heavy atom. The van der Waals surface area contributed by atoms with Gasteiger partial charge in [0.1, 0.15) is 0 Å². The SMILES string of the molecule is CC(C)(C)C(O)CNCc1csc(-c2ccco2)n1. The minimum absolute atomic E-state index is 0.103. The Balaban J connectivity index is 1.85. The standard InChI is InChI=1S/C14H20N2O2S/c1-14(2,3)12(17)8-15-7-10-9-19-13(16-10)11-5-4-6-18-11/h4-6,9,12,15,17H,7-8H2,1-3H3. The normalized spacial score (nSPS) is 13.7. The first kappa shape index (κ1) is 14.2. The van der Waals surface area contributed by atoms with E-state index in [9.17, 15) is 5.11 Å². The largest absolute Gasteiger partial charge is 0.462 e. The first-order valence-electron chi connectivity index (χ1n) is 6.34. The molecular formula is C14H20N2O2S. The van der Waals surface area contributed by atoms with Crippen LogP contribution in [0.5, 0.6) is 0 Å². The molecule has 0 fully saturated rings. The molecule has 2 N–H and O–H groups in total. The quantitative estimate of drug-likeness (QED) is 0.884. The maximum atomic E-state index is 9.92. The zero-order valence-corrected chi connectivity index (χ0v) is 12.3. The Morgan fingerprint density at radius 2 is 2.26 bits per heavy atom. The Labute approximate surface area is 117 Å². The average molecular weight is 280 g/mol. The van der Waals surface area contributed by atoms with E-state index < -0.39 is 0 Å². The van der Waals surface area contributed by atoms with E-state index in [1.807, 2.05) is 38.3 Å². The third-order valence-corrected chi connectivity index (χ3v) is 3.83. The molecule has 2 heterocycles. The van der Waals surface area contributed by atoms with Crippen molar-refractivity contribution in [2.45, 2.75) is 33.4 Å². The predicted octanol–water partition coefficient (Wildman–Crippen LogP) is 2.90. The van der Waals surface area contributed by atoms with Crippen LogP contribution in [-0.2, 0) is 6.54 Å². The molecule has 2 aromatic heterocycles. The molecule has 0 bridgehead atoms. The minimum Gasteiger partial charge on any atom is -0.462 e. The summed E-state index contributed by atoms with van der Waals surface area (Å²) in [5, 5.41) is 16.0. The predicted molar refractivity (Wildman–Crippen MR) is 77.0 cm³/mol. The number of nitrogens with zero attached hydrogens (tertiary/aromatic N) is 1. The smallest absolute Gasteiger partial charge is 0.162 e. The van der Waals surface area contributed by atoms with Crippen LogP contribution in [0.1, 0.15) is 26.5 Å². The maximum Gasteiger partial charge on any atom is 0.162 e. The summed E-state index contributed by atoms with van der Waals surface area (Å²) in [6, 6.07) is 3.76. The van der Waals surface area contributed by atoms with Crippen LogP contribution in [0.3, 0.4) is 0 Å². The van der Waals surface area contributed by atoms with Crippen LogP contribution in [-0.4, -0.2) is 22.7 Å². The molecule has 104 valence electrons. The van der Waals surface area contributed by atoms with Gasteiger partial charge in [0, 0.05) is 18.5 Å². The van der Waals surface area contributed by atoms with Gasteiger partial charge in [0.25, 0.3) is 0 Å². The lowest BCUT2D eigenvalue weighted by atomic mass is 9.89. The van der Waals surface area contributed by atoms with E-state index >= 15 is 0 Å². The lowest BCUT2D eigenvalue weighted by Gasteiger charge is -2.25. The molecule has 5 heteroatoms. The van der Waals surface area contributed by atoms with Gasteiger partial charge in [0.15, 0.2) is 10.8 Å². The van der Waals surface area contributed by atoms with Crippen LogP contribution < -0.4 is 5.32 Å². The monoisotopic (exact) mass is 280 g/mol. The van der Waals surface area contributed by atoms with E-state index in [1.165, 1.54) is 0 Å². The number of furan rings is 1. The number of rotatable bonds is 5. The second kappa shape index (κ2) is 5.86. The van der Waals surface area contributed by atoms with E-state index in [0.29, 0.717) is 13.1 Å². The molecule has 0 amide bonds. The van der Waals surface area contributed by atoms with Gasteiger partial charge in [-0.05, 0) is 17.5 Å². The van der Waals surface area contributed by atoms with E-state index in [2.05, 4.69) is 10.3 Å². The highest BCUT2D eigenvalue weighted by molar-refractivity contribution is 7.13. The lowest BCUT2D eigenvalue weighted by Crippen LogP contribution is -2.36. The van der Waals surface area contributed by atoms with Crippen molar-refractivity contribution < 1.29 is 9.52 Å². The fourth-order valence-corrected chi connectivity index (χ4v) is 2.33. The van der Waals surface area contributed by atoms with Crippen molar-refractivity contribution in [2.24, 2.45) is 5.41 Å². The third kappa shape index (κ3) is 3.89. The molecule has 2 rings (SSSR count). The number of aliphatic hydroxyl groups is 1. The summed E-state index contributed by atoms with van der Waals surface area (Å²) in [4.78, 5) is 4.49. The van der Waals surface area contributed by atoms with Crippen molar-refractivity contribution >= 4 is 11.3 Å². The summed E-state index contributed by atoms with van der Waals surface area (Å²) in [5.41, 5.74) is 0.867. The molecule has 2 aromatic rings. The second-order valence-corrected chi connectivity index (χ2v) is 6.49. The number of nitrogens with one attached hydrogen (secondary N) is 1. The van der Waals surface area contributed by atoms with Crippen LogP contribution in [0.2, 0.25) is 0 Å². The van der Waals surface area contributed by atoms with Gasteiger partial charge in [-0.3, -0.25) is 0 Å². The first-order chi connectivity index (χ1) is 8.97. The molecule has 0 aliphatic heterocycles.